The molecule has 0 aliphatic rings. The van der Waals surface area contributed by atoms with Crippen molar-refractivity contribution < 1.29 is 22.7 Å². The summed E-state index contributed by atoms with van der Waals surface area (Å²) in [5, 5.41) is 2.81. The Labute approximate surface area is 173 Å². The third kappa shape index (κ3) is 5.24. The van der Waals surface area contributed by atoms with Gasteiger partial charge in [-0.2, -0.15) is 4.31 Å². The van der Waals surface area contributed by atoms with Crippen molar-refractivity contribution in [2.45, 2.75) is 17.9 Å². The van der Waals surface area contributed by atoms with Gasteiger partial charge in [0, 0.05) is 17.6 Å². The Balaban J connectivity index is 2.10. The molecule has 0 fully saturated rings. The van der Waals surface area contributed by atoms with Crippen LogP contribution in [-0.2, 0) is 14.8 Å². The number of hydrogen-bond acceptors (Lipinski definition) is 5. The monoisotopic (exact) mass is 470 g/mol. The number of amides is 1. The summed E-state index contributed by atoms with van der Waals surface area (Å²) in [5.74, 6) is 0.313. The van der Waals surface area contributed by atoms with Crippen LogP contribution in [0.15, 0.2) is 51.8 Å². The molecule has 152 valence electrons. The van der Waals surface area contributed by atoms with Crippen LogP contribution < -0.4 is 14.8 Å². The molecule has 9 heteroatoms. The van der Waals surface area contributed by atoms with E-state index >= 15 is 0 Å². The minimum absolute atomic E-state index is 0.0143. The highest BCUT2D eigenvalue weighted by atomic mass is 79.9. The van der Waals surface area contributed by atoms with Gasteiger partial charge in [0.2, 0.25) is 15.9 Å². The fraction of sp³-hybridized carbons (Fsp3) is 0.316. The van der Waals surface area contributed by atoms with Crippen LogP contribution in [0.1, 0.15) is 18.5 Å². The second kappa shape index (κ2) is 9.40. The third-order valence-corrected chi connectivity index (χ3v) is 6.45. The van der Waals surface area contributed by atoms with Crippen LogP contribution in [0.2, 0.25) is 0 Å². The maximum atomic E-state index is 12.8. The normalized spacial score (nSPS) is 12.5. The van der Waals surface area contributed by atoms with Crippen LogP contribution >= 0.6 is 15.9 Å². The Hall–Kier alpha value is -2.10. The molecule has 1 N–H and O–H groups in total. The molecule has 0 saturated carbocycles. The average Bonchev–Trinajstić information content (AvgIpc) is 2.67. The van der Waals surface area contributed by atoms with Crippen LogP contribution in [0.5, 0.6) is 11.5 Å². The number of halogens is 1. The summed E-state index contributed by atoms with van der Waals surface area (Å²) in [6.45, 7) is 1.53. The van der Waals surface area contributed by atoms with Gasteiger partial charge in [0.1, 0.15) is 0 Å². The summed E-state index contributed by atoms with van der Waals surface area (Å²) in [5.41, 5.74) is 0.910. The summed E-state index contributed by atoms with van der Waals surface area (Å²) in [7, 11) is 0.380. The number of likely N-dealkylation sites (N-methyl/N-ethyl adjacent to an activating group) is 1. The second-order valence-electron chi connectivity index (χ2n) is 6.12. The molecule has 0 spiro atoms. The molecule has 0 aliphatic heterocycles. The van der Waals surface area contributed by atoms with Crippen molar-refractivity contribution in [1.82, 2.24) is 9.62 Å². The van der Waals surface area contributed by atoms with Crippen LogP contribution in [0.4, 0.5) is 0 Å². The number of hydrogen-bond donors (Lipinski definition) is 1. The maximum absolute atomic E-state index is 12.8. The molecule has 1 amide bonds. The number of methoxy groups -OCH3 is 2. The van der Waals surface area contributed by atoms with Gasteiger partial charge in [0.05, 0.1) is 31.7 Å². The molecule has 2 aromatic carbocycles. The van der Waals surface area contributed by atoms with E-state index in [1.807, 2.05) is 31.2 Å². The quantitative estimate of drug-likeness (QED) is 0.640. The highest BCUT2D eigenvalue weighted by Crippen LogP contribution is 2.30. The van der Waals surface area contributed by atoms with Gasteiger partial charge in [-0.3, -0.25) is 4.79 Å². The first kappa shape index (κ1) is 22.2. The molecular weight excluding hydrogens is 448 g/mol. The van der Waals surface area contributed by atoms with Crippen molar-refractivity contribution in [2.24, 2.45) is 0 Å². The summed E-state index contributed by atoms with van der Waals surface area (Å²) < 4.78 is 37.7. The lowest BCUT2D eigenvalue weighted by molar-refractivity contribution is -0.121. The Morgan fingerprint density at radius 1 is 1.14 bits per heavy atom. The Kier molecular flexibility index (Phi) is 7.45. The fourth-order valence-electron chi connectivity index (χ4n) is 2.59. The van der Waals surface area contributed by atoms with E-state index in [4.69, 9.17) is 9.47 Å². The Morgan fingerprint density at radius 3 is 2.43 bits per heavy atom. The smallest absolute Gasteiger partial charge is 0.243 e. The van der Waals surface area contributed by atoms with Crippen molar-refractivity contribution in [3.8, 4) is 11.5 Å². The van der Waals surface area contributed by atoms with E-state index in [0.29, 0.717) is 11.5 Å². The predicted octanol–water partition coefficient (Wildman–Crippen LogP) is 2.96. The number of benzene rings is 2. The first-order valence-corrected chi connectivity index (χ1v) is 10.7. The van der Waals surface area contributed by atoms with Crippen LogP contribution in [0.25, 0.3) is 0 Å². The number of carbonyl (C=O) groups is 1. The van der Waals surface area contributed by atoms with E-state index < -0.39 is 15.9 Å². The summed E-state index contributed by atoms with van der Waals surface area (Å²) in [6.07, 6.45) is 0. The van der Waals surface area contributed by atoms with Crippen LogP contribution in [-0.4, -0.2) is 46.4 Å². The molecule has 0 aromatic heterocycles. The number of carbonyl (C=O) groups excluding carboxylic acids is 1. The van der Waals surface area contributed by atoms with Gasteiger partial charge in [-0.25, -0.2) is 8.42 Å². The third-order valence-electron chi connectivity index (χ3n) is 4.16. The van der Waals surface area contributed by atoms with Crippen molar-refractivity contribution in [1.29, 1.82) is 0 Å². The lowest BCUT2D eigenvalue weighted by Crippen LogP contribution is -2.39. The number of nitrogens with zero attached hydrogens (tertiary/aromatic N) is 1. The molecule has 0 bridgehead atoms. The molecule has 2 rings (SSSR count). The lowest BCUT2D eigenvalue weighted by Gasteiger charge is -2.20. The number of nitrogens with one attached hydrogen (secondary N) is 1. The van der Waals surface area contributed by atoms with Gasteiger partial charge >= 0.3 is 0 Å². The van der Waals surface area contributed by atoms with Gasteiger partial charge < -0.3 is 14.8 Å². The molecular formula is C19H23BrN2O5S. The van der Waals surface area contributed by atoms with E-state index in [1.165, 1.54) is 39.5 Å². The topological polar surface area (TPSA) is 84.9 Å². The van der Waals surface area contributed by atoms with Gasteiger partial charge in [-0.1, -0.05) is 28.1 Å². The van der Waals surface area contributed by atoms with Crippen LogP contribution in [0.3, 0.4) is 0 Å². The van der Waals surface area contributed by atoms with Crippen molar-refractivity contribution in [3.63, 3.8) is 0 Å². The summed E-state index contributed by atoms with van der Waals surface area (Å²) in [6, 6.07) is 11.6. The van der Waals surface area contributed by atoms with Crippen LogP contribution in [0, 0.1) is 0 Å². The molecule has 0 unspecified atom stereocenters. The van der Waals surface area contributed by atoms with E-state index in [2.05, 4.69) is 21.2 Å². The zero-order chi connectivity index (χ0) is 20.9. The molecule has 0 saturated heterocycles. The van der Waals surface area contributed by atoms with E-state index in [9.17, 15) is 13.2 Å². The van der Waals surface area contributed by atoms with Crippen molar-refractivity contribution in [2.75, 3.05) is 27.8 Å². The molecule has 7 nitrogen and oxygen atoms in total. The van der Waals surface area contributed by atoms with Gasteiger partial charge in [-0.15, -0.1) is 0 Å². The highest BCUT2D eigenvalue weighted by molar-refractivity contribution is 9.10. The van der Waals surface area contributed by atoms with Gasteiger partial charge in [0.25, 0.3) is 0 Å². The molecule has 28 heavy (non-hydrogen) atoms. The zero-order valence-corrected chi connectivity index (χ0v) is 18.5. The summed E-state index contributed by atoms with van der Waals surface area (Å²) in [4.78, 5) is 12.4. The van der Waals surface area contributed by atoms with E-state index in [-0.39, 0.29) is 17.5 Å². The SMILES string of the molecule is COc1ccc(S(=O)(=O)N(C)CC(=O)N[C@H](C)c2cccc(Br)c2)cc1OC. The Bertz CT molecular complexity index is 949. The van der Waals surface area contributed by atoms with E-state index in [1.54, 1.807) is 0 Å². The minimum Gasteiger partial charge on any atom is -0.493 e. The van der Waals surface area contributed by atoms with Gasteiger partial charge in [0.15, 0.2) is 11.5 Å². The zero-order valence-electron chi connectivity index (χ0n) is 16.1. The maximum Gasteiger partial charge on any atom is 0.243 e. The standard InChI is InChI=1S/C19H23BrN2O5S/c1-13(14-6-5-7-15(20)10-14)21-19(23)12-22(2)28(24,25)16-8-9-17(26-3)18(11-16)27-4/h5-11,13H,12H2,1-4H3,(H,21,23)/t13-/m1/s1. The largest absolute Gasteiger partial charge is 0.493 e. The number of ether oxygens (including phenoxy) is 2. The molecule has 0 aliphatic carbocycles. The summed E-state index contributed by atoms with van der Waals surface area (Å²) >= 11 is 3.39. The Morgan fingerprint density at radius 2 is 1.82 bits per heavy atom. The molecule has 0 radical (unpaired) electrons. The van der Waals surface area contributed by atoms with Crippen molar-refractivity contribution in [3.05, 3.63) is 52.5 Å². The molecule has 2 aromatic rings. The first-order chi connectivity index (χ1) is 13.2. The van der Waals surface area contributed by atoms with Gasteiger partial charge in [-0.05, 0) is 36.8 Å². The first-order valence-electron chi connectivity index (χ1n) is 8.42. The fourth-order valence-corrected chi connectivity index (χ4v) is 4.15. The average molecular weight is 471 g/mol. The highest BCUT2D eigenvalue weighted by Gasteiger charge is 2.25. The second-order valence-corrected chi connectivity index (χ2v) is 9.08. The van der Waals surface area contributed by atoms with Crippen molar-refractivity contribution >= 4 is 31.9 Å². The molecule has 0 heterocycles. The minimum atomic E-state index is -3.87. The number of rotatable bonds is 8. The predicted molar refractivity (Wildman–Crippen MR) is 110 cm³/mol. The molecule has 1 atom stereocenters. The van der Waals surface area contributed by atoms with E-state index in [0.717, 1.165) is 14.3 Å². The number of sulfonamides is 1. The lowest BCUT2D eigenvalue weighted by atomic mass is 10.1.